The first-order valence-electron chi connectivity index (χ1n) is 11.0. The number of aryl methyl sites for hydroxylation is 1. The summed E-state index contributed by atoms with van der Waals surface area (Å²) in [5, 5.41) is 0.463. The van der Waals surface area contributed by atoms with E-state index in [1.54, 1.807) is 20.8 Å². The quantitative estimate of drug-likeness (QED) is 0.144. The van der Waals surface area contributed by atoms with Crippen LogP contribution in [0.15, 0.2) is 40.3 Å². The highest BCUT2D eigenvalue weighted by atomic mass is 127. The van der Waals surface area contributed by atoms with Crippen LogP contribution in [0.2, 0.25) is 0 Å². The van der Waals surface area contributed by atoms with E-state index in [-0.39, 0.29) is 18.1 Å². The van der Waals surface area contributed by atoms with Gasteiger partial charge in [0, 0.05) is 26.7 Å². The largest absolute Gasteiger partial charge is 0.598 e. The van der Waals surface area contributed by atoms with Gasteiger partial charge in [-0.1, -0.05) is 23.9 Å². The van der Waals surface area contributed by atoms with Crippen LogP contribution in [0.5, 0.6) is 0 Å². The van der Waals surface area contributed by atoms with Crippen LogP contribution in [0.3, 0.4) is 0 Å². The number of benzene rings is 1. The van der Waals surface area contributed by atoms with Crippen molar-refractivity contribution in [2.24, 2.45) is 0 Å². The third kappa shape index (κ3) is 9.18. The predicted octanol–water partition coefficient (Wildman–Crippen LogP) is 4.64. The minimum atomic E-state index is -1.25. The molecule has 7 nitrogen and oxygen atoms in total. The summed E-state index contributed by atoms with van der Waals surface area (Å²) in [5.41, 5.74) is 0.741. The number of aromatic nitrogens is 2. The van der Waals surface area contributed by atoms with Crippen molar-refractivity contribution in [1.29, 1.82) is 0 Å². The number of carbonyl (C=O) groups excluding carboxylic acids is 1. The fraction of sp³-hybridized carbons (Fsp3) is 0.542. The van der Waals surface area contributed by atoms with Gasteiger partial charge in [-0.2, -0.15) is 0 Å². The molecule has 0 aliphatic carbocycles. The highest BCUT2D eigenvalue weighted by Gasteiger charge is 2.30. The number of carbonyl (C=O) groups is 1. The maximum Gasteiger partial charge on any atom is 0.326 e. The van der Waals surface area contributed by atoms with Crippen molar-refractivity contribution < 1.29 is 14.1 Å². The van der Waals surface area contributed by atoms with Gasteiger partial charge in [-0.25, -0.2) is 4.98 Å². The fourth-order valence-electron chi connectivity index (χ4n) is 3.05. The van der Waals surface area contributed by atoms with Crippen LogP contribution in [0.4, 0.5) is 0 Å². The molecule has 1 aromatic heterocycles. The molecule has 0 saturated carbocycles. The minimum absolute atomic E-state index is 0.166. The van der Waals surface area contributed by atoms with Crippen LogP contribution < -0.4 is 10.3 Å². The molecule has 188 valence electrons. The summed E-state index contributed by atoms with van der Waals surface area (Å²) < 4.78 is 23.5. The maximum absolute atomic E-state index is 12.8. The molecular formula is C24H34IN3O4S2. The van der Waals surface area contributed by atoms with Crippen molar-refractivity contribution in [2.45, 2.75) is 82.5 Å². The molecule has 2 atom stereocenters. The lowest BCUT2D eigenvalue weighted by Crippen LogP contribution is -2.41. The summed E-state index contributed by atoms with van der Waals surface area (Å²) in [5.74, 6) is -0.480. The third-order valence-corrected chi connectivity index (χ3v) is 7.69. The Bertz CT molecular complexity index is 1030. The third-order valence-electron chi connectivity index (χ3n) is 4.68. The lowest BCUT2D eigenvalue weighted by molar-refractivity contribution is -0.155. The summed E-state index contributed by atoms with van der Waals surface area (Å²) in [6, 6.07) is 9.40. The zero-order chi connectivity index (χ0) is 25.7. The normalized spacial score (nSPS) is 14.0. The number of esters is 1. The molecule has 1 aromatic carbocycles. The zero-order valence-corrected chi connectivity index (χ0v) is 24.6. The van der Waals surface area contributed by atoms with E-state index in [1.165, 1.54) is 22.4 Å². The SMILES string of the molecule is CSc1nc(CC[C@H](N[S+]([O-])C(C)(C)C)c2ccc(I)cc2)cc(=O)n1CC(=O)OC(C)(C)C. The molecule has 0 amide bonds. The molecule has 0 bridgehead atoms. The number of rotatable bonds is 9. The maximum atomic E-state index is 12.8. The van der Waals surface area contributed by atoms with Crippen LogP contribution >= 0.6 is 34.4 Å². The lowest BCUT2D eigenvalue weighted by atomic mass is 10.0. The van der Waals surface area contributed by atoms with E-state index in [1.807, 2.05) is 51.3 Å². The number of halogens is 1. The molecule has 2 rings (SSSR count). The average molecular weight is 620 g/mol. The van der Waals surface area contributed by atoms with Crippen molar-refractivity contribution in [3.8, 4) is 0 Å². The molecule has 1 unspecified atom stereocenters. The second-order valence-electron chi connectivity index (χ2n) is 9.89. The summed E-state index contributed by atoms with van der Waals surface area (Å²) in [4.78, 5) is 29.7. The number of nitrogens with zero attached hydrogens (tertiary/aromatic N) is 2. The van der Waals surface area contributed by atoms with Gasteiger partial charge in [0.15, 0.2) is 5.16 Å². The number of hydrogen-bond donors (Lipinski definition) is 1. The lowest BCUT2D eigenvalue weighted by Gasteiger charge is -2.28. The Kier molecular flexibility index (Phi) is 10.5. The smallest absolute Gasteiger partial charge is 0.326 e. The molecule has 1 N–H and O–H groups in total. The summed E-state index contributed by atoms with van der Waals surface area (Å²) in [7, 11) is 0. The Hall–Kier alpha value is -1.08. The molecular weight excluding hydrogens is 585 g/mol. The first-order chi connectivity index (χ1) is 15.7. The van der Waals surface area contributed by atoms with Crippen LogP contribution in [0.25, 0.3) is 0 Å². The first-order valence-corrected chi connectivity index (χ1v) is 14.4. The summed E-state index contributed by atoms with van der Waals surface area (Å²) in [6.07, 6.45) is 2.94. The molecule has 0 saturated heterocycles. The van der Waals surface area contributed by atoms with E-state index in [9.17, 15) is 14.1 Å². The Morgan fingerprint density at radius 3 is 2.38 bits per heavy atom. The van der Waals surface area contributed by atoms with Gasteiger partial charge < -0.3 is 9.29 Å². The van der Waals surface area contributed by atoms with Crippen molar-refractivity contribution in [2.75, 3.05) is 6.26 Å². The molecule has 0 aliphatic heterocycles. The van der Waals surface area contributed by atoms with E-state index in [0.29, 0.717) is 23.7 Å². The van der Waals surface area contributed by atoms with Crippen molar-refractivity contribution in [3.05, 3.63) is 55.5 Å². The fourth-order valence-corrected chi connectivity index (χ4v) is 4.86. The van der Waals surface area contributed by atoms with Gasteiger partial charge in [0.05, 0.1) is 6.04 Å². The number of ether oxygens (including phenoxy) is 1. The highest BCUT2D eigenvalue weighted by Crippen LogP contribution is 2.25. The Morgan fingerprint density at radius 1 is 1.24 bits per heavy atom. The molecule has 0 radical (unpaired) electrons. The van der Waals surface area contributed by atoms with Crippen molar-refractivity contribution >= 4 is 51.7 Å². The van der Waals surface area contributed by atoms with Crippen LogP contribution in [0.1, 0.15) is 65.3 Å². The molecule has 0 spiro atoms. The van der Waals surface area contributed by atoms with Crippen LogP contribution in [-0.4, -0.2) is 36.7 Å². The van der Waals surface area contributed by atoms with E-state index in [0.717, 1.165) is 9.13 Å². The highest BCUT2D eigenvalue weighted by molar-refractivity contribution is 14.1. The van der Waals surface area contributed by atoms with Crippen LogP contribution in [-0.2, 0) is 33.9 Å². The molecule has 2 aromatic rings. The van der Waals surface area contributed by atoms with Crippen molar-refractivity contribution in [1.82, 2.24) is 14.3 Å². The monoisotopic (exact) mass is 619 g/mol. The van der Waals surface area contributed by atoms with Gasteiger partial charge in [-0.3, -0.25) is 14.2 Å². The minimum Gasteiger partial charge on any atom is -0.598 e. The number of nitrogens with one attached hydrogen (secondary N) is 1. The molecule has 10 heteroatoms. The van der Waals surface area contributed by atoms with Crippen LogP contribution in [0, 0.1) is 3.57 Å². The molecule has 0 fully saturated rings. The summed E-state index contributed by atoms with van der Waals surface area (Å²) in [6.45, 7) is 11.0. The summed E-state index contributed by atoms with van der Waals surface area (Å²) >= 11 is 2.31. The van der Waals surface area contributed by atoms with Gasteiger partial charge in [0.2, 0.25) is 0 Å². The first kappa shape index (κ1) is 29.2. The second-order valence-corrected chi connectivity index (χ2v) is 13.9. The Morgan fingerprint density at radius 2 is 1.85 bits per heavy atom. The van der Waals surface area contributed by atoms with E-state index < -0.39 is 27.7 Å². The second kappa shape index (κ2) is 12.2. The molecule has 0 aliphatic rings. The molecule has 34 heavy (non-hydrogen) atoms. The van der Waals surface area contributed by atoms with Gasteiger partial charge in [0.1, 0.15) is 16.9 Å². The van der Waals surface area contributed by atoms with E-state index in [4.69, 9.17) is 4.74 Å². The predicted molar refractivity (Wildman–Crippen MR) is 147 cm³/mol. The zero-order valence-electron chi connectivity index (χ0n) is 20.8. The number of hydrogen-bond acceptors (Lipinski definition) is 7. The van der Waals surface area contributed by atoms with Gasteiger partial charge in [-0.05, 0) is 101 Å². The Balaban J connectivity index is 2.23. The van der Waals surface area contributed by atoms with Gasteiger partial charge in [0.25, 0.3) is 5.56 Å². The average Bonchev–Trinajstić information content (AvgIpc) is 2.71. The Labute approximate surface area is 223 Å². The van der Waals surface area contributed by atoms with Gasteiger partial charge >= 0.3 is 5.97 Å². The van der Waals surface area contributed by atoms with Gasteiger partial charge in [-0.15, -0.1) is 4.72 Å². The topological polar surface area (TPSA) is 96.3 Å². The van der Waals surface area contributed by atoms with E-state index >= 15 is 0 Å². The standard InChI is InChI=1S/C24H34IN3O4S2/c1-23(2,3)32-21(30)15-28-20(29)14-18(26-22(28)33-7)12-13-19(27-34(31)24(4,5)6)16-8-10-17(25)11-9-16/h8-11,14,19,27H,12-13,15H2,1-7H3/t19-,34?/m0/s1. The van der Waals surface area contributed by atoms with E-state index in [2.05, 4.69) is 32.3 Å². The van der Waals surface area contributed by atoms with Crippen molar-refractivity contribution in [3.63, 3.8) is 0 Å². The molecule has 1 heterocycles. The number of thioether (sulfide) groups is 1.